The van der Waals surface area contributed by atoms with Gasteiger partial charge in [0.1, 0.15) is 0 Å². The van der Waals surface area contributed by atoms with Gasteiger partial charge in [0.2, 0.25) is 5.91 Å². The minimum absolute atomic E-state index is 0.160. The molecule has 1 fully saturated rings. The third-order valence-electron chi connectivity index (χ3n) is 3.51. The van der Waals surface area contributed by atoms with Gasteiger partial charge in [0, 0.05) is 12.5 Å². The zero-order valence-corrected chi connectivity index (χ0v) is 10.6. The SMILES string of the molecule is CC(CCCNC(=O)C1CCCCC1)C(=O)O. The van der Waals surface area contributed by atoms with Gasteiger partial charge in [-0.15, -0.1) is 0 Å². The van der Waals surface area contributed by atoms with Crippen molar-refractivity contribution in [1.29, 1.82) is 0 Å². The Morgan fingerprint density at radius 2 is 1.94 bits per heavy atom. The molecule has 0 aromatic rings. The van der Waals surface area contributed by atoms with Crippen LogP contribution in [0.4, 0.5) is 0 Å². The number of carboxylic acids is 1. The van der Waals surface area contributed by atoms with E-state index in [2.05, 4.69) is 5.32 Å². The van der Waals surface area contributed by atoms with Crippen LogP contribution in [-0.2, 0) is 9.59 Å². The van der Waals surface area contributed by atoms with Crippen molar-refractivity contribution in [2.24, 2.45) is 11.8 Å². The molecule has 0 aromatic heterocycles. The van der Waals surface area contributed by atoms with E-state index in [1.807, 2.05) is 0 Å². The summed E-state index contributed by atoms with van der Waals surface area (Å²) in [7, 11) is 0. The molecule has 17 heavy (non-hydrogen) atoms. The molecular formula is C13H23NO3. The molecule has 0 saturated heterocycles. The monoisotopic (exact) mass is 241 g/mol. The standard InChI is InChI=1S/C13H23NO3/c1-10(13(16)17)6-5-9-14-12(15)11-7-3-2-4-8-11/h10-11H,2-9H2,1H3,(H,14,15)(H,16,17). The zero-order valence-electron chi connectivity index (χ0n) is 10.6. The van der Waals surface area contributed by atoms with Gasteiger partial charge in [-0.25, -0.2) is 0 Å². The van der Waals surface area contributed by atoms with Crippen LogP contribution >= 0.6 is 0 Å². The summed E-state index contributed by atoms with van der Waals surface area (Å²) < 4.78 is 0. The van der Waals surface area contributed by atoms with Crippen molar-refractivity contribution in [3.63, 3.8) is 0 Å². The average Bonchev–Trinajstić information content (AvgIpc) is 2.35. The van der Waals surface area contributed by atoms with Crippen molar-refractivity contribution < 1.29 is 14.7 Å². The van der Waals surface area contributed by atoms with Gasteiger partial charge in [-0.2, -0.15) is 0 Å². The molecule has 4 nitrogen and oxygen atoms in total. The molecule has 1 atom stereocenters. The van der Waals surface area contributed by atoms with Gasteiger partial charge in [0.25, 0.3) is 0 Å². The number of carbonyl (C=O) groups excluding carboxylic acids is 1. The topological polar surface area (TPSA) is 66.4 Å². The molecule has 98 valence electrons. The van der Waals surface area contributed by atoms with Gasteiger partial charge >= 0.3 is 5.97 Å². The molecule has 0 aromatic carbocycles. The molecule has 1 rings (SSSR count). The number of carbonyl (C=O) groups is 2. The lowest BCUT2D eigenvalue weighted by molar-refractivity contribution is -0.141. The van der Waals surface area contributed by atoms with Crippen molar-refractivity contribution in [2.45, 2.75) is 51.9 Å². The fourth-order valence-electron chi connectivity index (χ4n) is 2.25. The summed E-state index contributed by atoms with van der Waals surface area (Å²) in [6.45, 7) is 2.30. The summed E-state index contributed by atoms with van der Waals surface area (Å²) in [5, 5.41) is 11.6. The van der Waals surface area contributed by atoms with Crippen molar-refractivity contribution in [3.05, 3.63) is 0 Å². The third kappa shape index (κ3) is 5.20. The summed E-state index contributed by atoms with van der Waals surface area (Å²) in [6.07, 6.45) is 6.96. The van der Waals surface area contributed by atoms with Crippen LogP contribution in [0.2, 0.25) is 0 Å². The molecular weight excluding hydrogens is 218 g/mol. The Morgan fingerprint density at radius 1 is 1.29 bits per heavy atom. The molecule has 1 aliphatic rings. The predicted molar refractivity (Wildman–Crippen MR) is 65.6 cm³/mol. The first-order valence-electron chi connectivity index (χ1n) is 6.61. The van der Waals surface area contributed by atoms with Crippen molar-refractivity contribution in [3.8, 4) is 0 Å². The van der Waals surface area contributed by atoms with Gasteiger partial charge in [-0.1, -0.05) is 26.2 Å². The highest BCUT2D eigenvalue weighted by molar-refractivity contribution is 5.78. The van der Waals surface area contributed by atoms with Crippen LogP contribution in [0.15, 0.2) is 0 Å². The average molecular weight is 241 g/mol. The number of carboxylic acid groups (broad SMARTS) is 1. The van der Waals surface area contributed by atoms with Crippen molar-refractivity contribution >= 4 is 11.9 Å². The van der Waals surface area contributed by atoms with E-state index in [-0.39, 0.29) is 17.7 Å². The maximum absolute atomic E-state index is 11.7. The Bertz CT molecular complexity index is 259. The second-order valence-corrected chi connectivity index (χ2v) is 5.01. The summed E-state index contributed by atoms with van der Waals surface area (Å²) in [4.78, 5) is 22.3. The molecule has 1 aliphatic carbocycles. The first-order chi connectivity index (χ1) is 8.11. The maximum atomic E-state index is 11.7. The first kappa shape index (κ1) is 14.0. The van der Waals surface area contributed by atoms with Crippen LogP contribution in [0.1, 0.15) is 51.9 Å². The number of hydrogen-bond donors (Lipinski definition) is 2. The number of hydrogen-bond acceptors (Lipinski definition) is 2. The summed E-state index contributed by atoms with van der Waals surface area (Å²) in [5.41, 5.74) is 0. The predicted octanol–water partition coefficient (Wildman–Crippen LogP) is 2.18. The Morgan fingerprint density at radius 3 is 2.53 bits per heavy atom. The van der Waals surface area contributed by atoms with Crippen LogP contribution in [0.5, 0.6) is 0 Å². The number of aliphatic carboxylic acids is 1. The highest BCUT2D eigenvalue weighted by Crippen LogP contribution is 2.23. The van der Waals surface area contributed by atoms with Gasteiger partial charge in [0.15, 0.2) is 0 Å². The lowest BCUT2D eigenvalue weighted by Gasteiger charge is -2.20. The van der Waals surface area contributed by atoms with E-state index in [0.29, 0.717) is 13.0 Å². The maximum Gasteiger partial charge on any atom is 0.306 e. The molecule has 0 aliphatic heterocycles. The Labute approximate surface area is 103 Å². The molecule has 0 radical (unpaired) electrons. The van der Waals surface area contributed by atoms with Crippen LogP contribution < -0.4 is 5.32 Å². The molecule has 2 N–H and O–H groups in total. The quantitative estimate of drug-likeness (QED) is 0.700. The summed E-state index contributed by atoms with van der Waals surface area (Å²) in [5.74, 6) is -0.724. The van der Waals surface area contributed by atoms with Crippen molar-refractivity contribution in [2.75, 3.05) is 6.54 Å². The minimum Gasteiger partial charge on any atom is -0.481 e. The van der Waals surface area contributed by atoms with Gasteiger partial charge in [-0.3, -0.25) is 9.59 Å². The molecule has 1 amide bonds. The van der Waals surface area contributed by atoms with E-state index in [4.69, 9.17) is 5.11 Å². The lowest BCUT2D eigenvalue weighted by atomic mass is 9.88. The van der Waals surface area contributed by atoms with Gasteiger partial charge < -0.3 is 10.4 Å². The number of nitrogens with one attached hydrogen (secondary N) is 1. The number of rotatable bonds is 6. The van der Waals surface area contributed by atoms with E-state index < -0.39 is 5.97 Å². The summed E-state index contributed by atoms with van der Waals surface area (Å²) in [6, 6.07) is 0. The van der Waals surface area contributed by atoms with Gasteiger partial charge in [-0.05, 0) is 25.7 Å². The Kier molecular flexibility index (Phi) is 6.01. The summed E-state index contributed by atoms with van der Waals surface area (Å²) >= 11 is 0. The first-order valence-corrected chi connectivity index (χ1v) is 6.61. The fourth-order valence-corrected chi connectivity index (χ4v) is 2.25. The van der Waals surface area contributed by atoms with Crippen LogP contribution in [-0.4, -0.2) is 23.5 Å². The van der Waals surface area contributed by atoms with Gasteiger partial charge in [0.05, 0.1) is 5.92 Å². The molecule has 1 saturated carbocycles. The smallest absolute Gasteiger partial charge is 0.306 e. The Balaban J connectivity index is 2.09. The molecule has 0 heterocycles. The number of amides is 1. The highest BCUT2D eigenvalue weighted by atomic mass is 16.4. The third-order valence-corrected chi connectivity index (χ3v) is 3.51. The Hall–Kier alpha value is -1.06. The van der Waals surface area contributed by atoms with Crippen molar-refractivity contribution in [1.82, 2.24) is 5.32 Å². The second kappa shape index (κ2) is 7.30. The van der Waals surface area contributed by atoms with Crippen LogP contribution in [0.25, 0.3) is 0 Å². The second-order valence-electron chi connectivity index (χ2n) is 5.01. The normalized spacial score (nSPS) is 18.6. The lowest BCUT2D eigenvalue weighted by Crippen LogP contribution is -2.32. The van der Waals surface area contributed by atoms with Crippen LogP contribution in [0, 0.1) is 11.8 Å². The highest BCUT2D eigenvalue weighted by Gasteiger charge is 2.20. The van der Waals surface area contributed by atoms with E-state index in [1.54, 1.807) is 6.92 Å². The molecule has 0 spiro atoms. The largest absolute Gasteiger partial charge is 0.481 e. The molecule has 4 heteroatoms. The zero-order chi connectivity index (χ0) is 12.7. The van der Waals surface area contributed by atoms with E-state index in [9.17, 15) is 9.59 Å². The fraction of sp³-hybridized carbons (Fsp3) is 0.846. The minimum atomic E-state index is -0.761. The molecule has 1 unspecified atom stereocenters. The van der Waals surface area contributed by atoms with E-state index in [0.717, 1.165) is 32.1 Å². The van der Waals surface area contributed by atoms with Crippen LogP contribution in [0.3, 0.4) is 0 Å². The molecule has 0 bridgehead atoms. The van der Waals surface area contributed by atoms with E-state index in [1.165, 1.54) is 6.42 Å². The van der Waals surface area contributed by atoms with E-state index >= 15 is 0 Å².